The van der Waals surface area contributed by atoms with Crippen molar-refractivity contribution in [3.8, 4) is 5.88 Å². The van der Waals surface area contributed by atoms with Gasteiger partial charge in [-0.05, 0) is 12.0 Å². The fourth-order valence-electron chi connectivity index (χ4n) is 1.91. The number of nitrogens with one attached hydrogen (secondary N) is 1. The Morgan fingerprint density at radius 2 is 2.15 bits per heavy atom. The Morgan fingerprint density at radius 3 is 2.75 bits per heavy atom. The fraction of sp³-hybridized carbons (Fsp3) is 0.357. The zero-order valence-corrected chi connectivity index (χ0v) is 11.8. The molecule has 6 nitrogen and oxygen atoms in total. The van der Waals surface area contributed by atoms with Gasteiger partial charge in [0.05, 0.1) is 7.11 Å². The lowest BCUT2D eigenvalue weighted by Gasteiger charge is -2.07. The van der Waals surface area contributed by atoms with E-state index in [4.69, 9.17) is 10.6 Å². The summed E-state index contributed by atoms with van der Waals surface area (Å²) < 4.78 is 5.04. The van der Waals surface area contributed by atoms with Gasteiger partial charge in [0.25, 0.3) is 0 Å². The fourth-order valence-corrected chi connectivity index (χ4v) is 1.91. The van der Waals surface area contributed by atoms with Gasteiger partial charge in [-0.2, -0.15) is 0 Å². The van der Waals surface area contributed by atoms with Crippen LogP contribution in [0.3, 0.4) is 0 Å². The van der Waals surface area contributed by atoms with Crippen LogP contribution >= 0.6 is 0 Å². The first-order valence-corrected chi connectivity index (χ1v) is 6.57. The molecule has 2 heterocycles. The van der Waals surface area contributed by atoms with E-state index in [0.29, 0.717) is 18.1 Å². The molecule has 0 unspecified atom stereocenters. The number of nitrogens with two attached hydrogens (primary N) is 1. The predicted octanol–water partition coefficient (Wildman–Crippen LogP) is 1.71. The molecule has 0 saturated carbocycles. The molecule has 0 aliphatic rings. The van der Waals surface area contributed by atoms with Crippen molar-refractivity contribution in [2.75, 3.05) is 12.5 Å². The second-order valence-electron chi connectivity index (χ2n) is 4.44. The highest BCUT2D eigenvalue weighted by atomic mass is 16.5. The standard InChI is InChI=1S/C14H19N5O/c1-3-4-11-8-13(19-15)18-12(17-11)7-10-5-6-14(20-2)16-9-10/h5-6,8-9H,3-4,7,15H2,1-2H3,(H,17,18,19). The molecule has 6 heteroatoms. The second kappa shape index (κ2) is 6.81. The first kappa shape index (κ1) is 14.2. The van der Waals surface area contributed by atoms with Crippen molar-refractivity contribution in [2.24, 2.45) is 5.84 Å². The molecule has 0 aliphatic heterocycles. The van der Waals surface area contributed by atoms with E-state index in [1.54, 1.807) is 13.3 Å². The highest BCUT2D eigenvalue weighted by Gasteiger charge is 2.05. The number of rotatable bonds is 6. The molecule has 0 amide bonds. The number of anilines is 1. The number of methoxy groups -OCH3 is 1. The summed E-state index contributed by atoms with van der Waals surface area (Å²) in [6, 6.07) is 5.66. The maximum atomic E-state index is 5.45. The summed E-state index contributed by atoms with van der Waals surface area (Å²) in [6.45, 7) is 2.12. The van der Waals surface area contributed by atoms with E-state index in [-0.39, 0.29) is 0 Å². The molecule has 0 aromatic carbocycles. The molecule has 0 spiro atoms. The Labute approximate surface area is 118 Å². The smallest absolute Gasteiger partial charge is 0.212 e. The molecular weight excluding hydrogens is 254 g/mol. The Balaban J connectivity index is 2.20. The molecule has 0 bridgehead atoms. The summed E-state index contributed by atoms with van der Waals surface area (Å²) in [5.41, 5.74) is 4.61. The number of nitrogen functional groups attached to an aromatic ring is 1. The highest BCUT2D eigenvalue weighted by Crippen LogP contribution is 2.13. The maximum Gasteiger partial charge on any atom is 0.212 e. The van der Waals surface area contributed by atoms with Crippen LogP contribution in [0.25, 0.3) is 0 Å². The maximum absolute atomic E-state index is 5.45. The normalized spacial score (nSPS) is 10.3. The average Bonchev–Trinajstić information content (AvgIpc) is 2.48. The molecule has 0 saturated heterocycles. The number of pyridine rings is 1. The highest BCUT2D eigenvalue weighted by molar-refractivity contribution is 5.35. The summed E-state index contributed by atoms with van der Waals surface area (Å²) in [4.78, 5) is 13.1. The lowest BCUT2D eigenvalue weighted by Crippen LogP contribution is -2.12. The van der Waals surface area contributed by atoms with E-state index >= 15 is 0 Å². The van der Waals surface area contributed by atoms with Crippen molar-refractivity contribution in [1.29, 1.82) is 0 Å². The lowest BCUT2D eigenvalue weighted by atomic mass is 10.2. The average molecular weight is 273 g/mol. The topological polar surface area (TPSA) is 86.0 Å². The number of aromatic nitrogens is 3. The van der Waals surface area contributed by atoms with Crippen molar-refractivity contribution in [2.45, 2.75) is 26.2 Å². The van der Waals surface area contributed by atoms with Crippen molar-refractivity contribution >= 4 is 5.82 Å². The van der Waals surface area contributed by atoms with E-state index < -0.39 is 0 Å². The van der Waals surface area contributed by atoms with Gasteiger partial charge in [-0.1, -0.05) is 19.4 Å². The van der Waals surface area contributed by atoms with Gasteiger partial charge in [0, 0.05) is 30.4 Å². The molecule has 3 N–H and O–H groups in total. The number of hydrogen-bond acceptors (Lipinski definition) is 6. The van der Waals surface area contributed by atoms with Gasteiger partial charge < -0.3 is 10.2 Å². The van der Waals surface area contributed by atoms with Crippen LogP contribution < -0.4 is 16.0 Å². The van der Waals surface area contributed by atoms with Gasteiger partial charge in [-0.15, -0.1) is 0 Å². The van der Waals surface area contributed by atoms with Crippen LogP contribution in [0.15, 0.2) is 24.4 Å². The Hall–Kier alpha value is -2.21. The molecule has 20 heavy (non-hydrogen) atoms. The minimum Gasteiger partial charge on any atom is -0.481 e. The molecule has 2 aromatic heterocycles. The monoisotopic (exact) mass is 273 g/mol. The van der Waals surface area contributed by atoms with Crippen molar-refractivity contribution in [3.05, 3.63) is 41.5 Å². The van der Waals surface area contributed by atoms with Crippen LogP contribution in [0.1, 0.15) is 30.4 Å². The van der Waals surface area contributed by atoms with Crippen molar-refractivity contribution < 1.29 is 4.74 Å². The summed E-state index contributed by atoms with van der Waals surface area (Å²) in [5.74, 6) is 7.41. The zero-order chi connectivity index (χ0) is 14.4. The van der Waals surface area contributed by atoms with Crippen LogP contribution in [-0.4, -0.2) is 22.1 Å². The lowest BCUT2D eigenvalue weighted by molar-refractivity contribution is 0.397. The van der Waals surface area contributed by atoms with Gasteiger partial charge in [0.1, 0.15) is 11.6 Å². The summed E-state index contributed by atoms with van der Waals surface area (Å²) in [5, 5.41) is 0. The van der Waals surface area contributed by atoms with Crippen LogP contribution in [0, 0.1) is 0 Å². The van der Waals surface area contributed by atoms with Crippen LogP contribution in [0.2, 0.25) is 0 Å². The van der Waals surface area contributed by atoms with E-state index in [1.807, 2.05) is 18.2 Å². The SMILES string of the molecule is CCCc1cc(NN)nc(Cc2ccc(OC)nc2)n1. The third-order valence-electron chi connectivity index (χ3n) is 2.85. The summed E-state index contributed by atoms with van der Waals surface area (Å²) in [6.07, 6.45) is 4.32. The number of ether oxygens (including phenoxy) is 1. The van der Waals surface area contributed by atoms with E-state index in [1.165, 1.54) is 0 Å². The molecule has 0 fully saturated rings. The van der Waals surface area contributed by atoms with E-state index in [0.717, 1.165) is 29.9 Å². The molecule has 0 aliphatic carbocycles. The third kappa shape index (κ3) is 3.64. The number of aryl methyl sites for hydroxylation is 1. The molecule has 0 radical (unpaired) electrons. The summed E-state index contributed by atoms with van der Waals surface area (Å²) >= 11 is 0. The van der Waals surface area contributed by atoms with Crippen LogP contribution in [0.4, 0.5) is 5.82 Å². The number of hydrogen-bond donors (Lipinski definition) is 2. The minimum atomic E-state index is 0.596. The largest absolute Gasteiger partial charge is 0.481 e. The second-order valence-corrected chi connectivity index (χ2v) is 4.44. The first-order chi connectivity index (χ1) is 9.75. The minimum absolute atomic E-state index is 0.596. The molecule has 0 atom stereocenters. The van der Waals surface area contributed by atoms with Crippen molar-refractivity contribution in [1.82, 2.24) is 15.0 Å². The molecule has 2 aromatic rings. The van der Waals surface area contributed by atoms with Crippen LogP contribution in [-0.2, 0) is 12.8 Å². The Morgan fingerprint density at radius 1 is 1.30 bits per heavy atom. The van der Waals surface area contributed by atoms with Crippen molar-refractivity contribution in [3.63, 3.8) is 0 Å². The van der Waals surface area contributed by atoms with Gasteiger partial charge in [0.15, 0.2) is 0 Å². The number of nitrogens with zero attached hydrogens (tertiary/aromatic N) is 3. The van der Waals surface area contributed by atoms with E-state index in [9.17, 15) is 0 Å². The first-order valence-electron chi connectivity index (χ1n) is 6.57. The quantitative estimate of drug-likeness (QED) is 0.615. The van der Waals surface area contributed by atoms with E-state index in [2.05, 4.69) is 27.3 Å². The predicted molar refractivity (Wildman–Crippen MR) is 77.4 cm³/mol. The van der Waals surface area contributed by atoms with Gasteiger partial charge in [0.2, 0.25) is 5.88 Å². The Bertz CT molecular complexity index is 556. The van der Waals surface area contributed by atoms with Gasteiger partial charge in [-0.3, -0.25) is 0 Å². The summed E-state index contributed by atoms with van der Waals surface area (Å²) in [7, 11) is 1.60. The zero-order valence-electron chi connectivity index (χ0n) is 11.8. The molecule has 106 valence electrons. The van der Waals surface area contributed by atoms with Gasteiger partial charge >= 0.3 is 0 Å². The molecular formula is C14H19N5O. The molecule has 2 rings (SSSR count). The third-order valence-corrected chi connectivity index (χ3v) is 2.85. The van der Waals surface area contributed by atoms with Crippen LogP contribution in [0.5, 0.6) is 5.88 Å². The van der Waals surface area contributed by atoms with Gasteiger partial charge in [-0.25, -0.2) is 20.8 Å². The number of hydrazine groups is 1. The Kier molecular flexibility index (Phi) is 4.84.